The van der Waals surface area contributed by atoms with E-state index in [0.717, 1.165) is 0 Å². The number of nitrogens with zero attached hydrogens (tertiary/aromatic N) is 4. The molecule has 0 unspecified atom stereocenters. The highest BCUT2D eigenvalue weighted by Gasteiger charge is 2.09. The molecule has 0 radical (unpaired) electrons. The zero-order chi connectivity index (χ0) is 11.4. The standard InChI is InChI=1S/C9H9N5OS/c1-2-5-14-12-9(11-13-14)10-8(15)7-4-3-6-16-7/h2-4,6H,1,5H2,(H,10,12,15). The first kappa shape index (κ1) is 10.5. The average molecular weight is 235 g/mol. The third-order valence-corrected chi connectivity index (χ3v) is 2.58. The van der Waals surface area contributed by atoms with Crippen LogP contribution in [0.3, 0.4) is 0 Å². The Bertz CT molecular complexity index is 490. The molecule has 7 heteroatoms. The molecular weight excluding hydrogens is 226 g/mol. The van der Waals surface area contributed by atoms with Gasteiger partial charge in [-0.25, -0.2) is 0 Å². The third-order valence-electron chi connectivity index (χ3n) is 1.72. The molecule has 2 aromatic rings. The van der Waals surface area contributed by atoms with E-state index in [2.05, 4.69) is 27.3 Å². The minimum Gasteiger partial charge on any atom is -0.287 e. The number of anilines is 1. The van der Waals surface area contributed by atoms with Crippen molar-refractivity contribution in [3.8, 4) is 0 Å². The van der Waals surface area contributed by atoms with E-state index in [0.29, 0.717) is 11.4 Å². The van der Waals surface area contributed by atoms with Crippen LogP contribution in [0.1, 0.15) is 9.67 Å². The van der Waals surface area contributed by atoms with Gasteiger partial charge in [0, 0.05) is 0 Å². The van der Waals surface area contributed by atoms with Crippen LogP contribution in [0.5, 0.6) is 0 Å². The van der Waals surface area contributed by atoms with Gasteiger partial charge in [-0.2, -0.15) is 4.80 Å². The van der Waals surface area contributed by atoms with Crippen LogP contribution in [0.2, 0.25) is 0 Å². The second kappa shape index (κ2) is 4.67. The maximum atomic E-state index is 11.6. The Morgan fingerprint density at radius 2 is 2.56 bits per heavy atom. The number of rotatable bonds is 4. The number of hydrogen-bond acceptors (Lipinski definition) is 5. The molecule has 82 valence electrons. The summed E-state index contributed by atoms with van der Waals surface area (Å²) in [5.74, 6) is -0.0339. The molecule has 0 saturated heterocycles. The SMILES string of the molecule is C=CCn1nnc(NC(=O)c2cccs2)n1. The van der Waals surface area contributed by atoms with Crippen LogP contribution in [0, 0.1) is 0 Å². The minimum atomic E-state index is -0.229. The van der Waals surface area contributed by atoms with Gasteiger partial charge in [-0.3, -0.25) is 10.1 Å². The van der Waals surface area contributed by atoms with Crippen molar-refractivity contribution in [2.24, 2.45) is 0 Å². The van der Waals surface area contributed by atoms with Gasteiger partial charge in [0.25, 0.3) is 11.9 Å². The molecule has 1 amide bonds. The molecule has 0 atom stereocenters. The summed E-state index contributed by atoms with van der Waals surface area (Å²) in [6.07, 6.45) is 1.65. The van der Waals surface area contributed by atoms with Gasteiger partial charge in [-0.15, -0.1) is 23.0 Å². The van der Waals surface area contributed by atoms with E-state index >= 15 is 0 Å². The Morgan fingerprint density at radius 3 is 3.25 bits per heavy atom. The highest BCUT2D eigenvalue weighted by molar-refractivity contribution is 7.12. The monoisotopic (exact) mass is 235 g/mol. The van der Waals surface area contributed by atoms with Crippen LogP contribution in [0.25, 0.3) is 0 Å². The summed E-state index contributed by atoms with van der Waals surface area (Å²) in [7, 11) is 0. The Morgan fingerprint density at radius 1 is 1.69 bits per heavy atom. The van der Waals surface area contributed by atoms with Crippen molar-refractivity contribution < 1.29 is 4.79 Å². The van der Waals surface area contributed by atoms with E-state index in [4.69, 9.17) is 0 Å². The number of aromatic nitrogens is 4. The lowest BCUT2D eigenvalue weighted by molar-refractivity contribution is 0.102. The molecule has 0 aliphatic heterocycles. The molecule has 2 heterocycles. The fraction of sp³-hybridized carbons (Fsp3) is 0.111. The number of amides is 1. The van der Waals surface area contributed by atoms with Crippen LogP contribution in [-0.4, -0.2) is 26.1 Å². The van der Waals surface area contributed by atoms with E-state index in [-0.39, 0.29) is 11.9 Å². The predicted octanol–water partition coefficient (Wildman–Crippen LogP) is 1.17. The van der Waals surface area contributed by atoms with Crippen LogP contribution in [0.15, 0.2) is 30.2 Å². The van der Waals surface area contributed by atoms with E-state index in [1.165, 1.54) is 16.1 Å². The molecule has 0 spiro atoms. The molecular formula is C9H9N5OS. The Hall–Kier alpha value is -2.02. The van der Waals surface area contributed by atoms with E-state index in [1.54, 1.807) is 12.1 Å². The zero-order valence-electron chi connectivity index (χ0n) is 8.33. The van der Waals surface area contributed by atoms with Crippen LogP contribution < -0.4 is 5.32 Å². The fourth-order valence-electron chi connectivity index (χ4n) is 1.06. The normalized spacial score (nSPS) is 10.0. The minimum absolute atomic E-state index is 0.195. The van der Waals surface area contributed by atoms with Crippen molar-refractivity contribution in [1.29, 1.82) is 0 Å². The van der Waals surface area contributed by atoms with Gasteiger partial charge in [0.2, 0.25) is 0 Å². The maximum Gasteiger partial charge on any atom is 0.270 e. The summed E-state index contributed by atoms with van der Waals surface area (Å²) < 4.78 is 0. The number of nitrogens with one attached hydrogen (secondary N) is 1. The topological polar surface area (TPSA) is 72.7 Å². The van der Waals surface area contributed by atoms with Crippen molar-refractivity contribution in [3.05, 3.63) is 35.0 Å². The first-order valence-electron chi connectivity index (χ1n) is 4.53. The summed E-state index contributed by atoms with van der Waals surface area (Å²) in [6.45, 7) is 4.01. The van der Waals surface area contributed by atoms with Crippen molar-refractivity contribution >= 4 is 23.2 Å². The quantitative estimate of drug-likeness (QED) is 0.807. The lowest BCUT2D eigenvalue weighted by atomic mass is 10.4. The lowest BCUT2D eigenvalue weighted by Crippen LogP contribution is -2.11. The van der Waals surface area contributed by atoms with Crippen LogP contribution in [0.4, 0.5) is 5.95 Å². The van der Waals surface area contributed by atoms with E-state index in [9.17, 15) is 4.79 Å². The number of allylic oxidation sites excluding steroid dienone is 1. The molecule has 0 bridgehead atoms. The molecule has 0 fully saturated rings. The van der Waals surface area contributed by atoms with Gasteiger partial charge < -0.3 is 0 Å². The molecule has 16 heavy (non-hydrogen) atoms. The Labute approximate surface area is 95.6 Å². The second-order valence-corrected chi connectivity index (χ2v) is 3.84. The molecule has 0 saturated carbocycles. The van der Waals surface area contributed by atoms with Crippen molar-refractivity contribution in [2.75, 3.05) is 5.32 Å². The molecule has 2 aromatic heterocycles. The smallest absolute Gasteiger partial charge is 0.270 e. The van der Waals surface area contributed by atoms with Gasteiger partial charge in [0.1, 0.15) is 0 Å². The first-order chi connectivity index (χ1) is 7.79. The lowest BCUT2D eigenvalue weighted by Gasteiger charge is -1.95. The Balaban J connectivity index is 2.03. The van der Waals surface area contributed by atoms with Crippen LogP contribution >= 0.6 is 11.3 Å². The van der Waals surface area contributed by atoms with E-state index < -0.39 is 0 Å². The first-order valence-corrected chi connectivity index (χ1v) is 5.41. The van der Waals surface area contributed by atoms with Crippen LogP contribution in [-0.2, 0) is 6.54 Å². The van der Waals surface area contributed by atoms with Gasteiger partial charge in [0.15, 0.2) is 0 Å². The summed E-state index contributed by atoms with van der Waals surface area (Å²) in [5.41, 5.74) is 0. The zero-order valence-corrected chi connectivity index (χ0v) is 9.15. The number of hydrogen-bond donors (Lipinski definition) is 1. The van der Waals surface area contributed by atoms with Gasteiger partial charge >= 0.3 is 0 Å². The van der Waals surface area contributed by atoms with Gasteiger partial charge in [0.05, 0.1) is 11.4 Å². The average Bonchev–Trinajstić information content (AvgIpc) is 2.89. The third kappa shape index (κ3) is 2.31. The highest BCUT2D eigenvalue weighted by Crippen LogP contribution is 2.09. The molecule has 0 aliphatic carbocycles. The summed E-state index contributed by atoms with van der Waals surface area (Å²) >= 11 is 1.36. The molecule has 0 aromatic carbocycles. The van der Waals surface area contributed by atoms with Crippen molar-refractivity contribution in [3.63, 3.8) is 0 Å². The number of carbonyl (C=O) groups excluding carboxylic acids is 1. The van der Waals surface area contributed by atoms with E-state index in [1.807, 2.05) is 11.4 Å². The molecule has 2 rings (SSSR count). The predicted molar refractivity (Wildman–Crippen MR) is 60.3 cm³/mol. The van der Waals surface area contributed by atoms with Gasteiger partial charge in [-0.1, -0.05) is 17.2 Å². The van der Waals surface area contributed by atoms with Crippen molar-refractivity contribution in [2.45, 2.75) is 6.54 Å². The number of carbonyl (C=O) groups is 1. The Kier molecular flexibility index (Phi) is 3.06. The maximum absolute atomic E-state index is 11.6. The summed E-state index contributed by atoms with van der Waals surface area (Å²) in [6, 6.07) is 3.54. The molecule has 6 nitrogen and oxygen atoms in total. The van der Waals surface area contributed by atoms with Crippen molar-refractivity contribution in [1.82, 2.24) is 20.2 Å². The highest BCUT2D eigenvalue weighted by atomic mass is 32.1. The largest absolute Gasteiger partial charge is 0.287 e. The van der Waals surface area contributed by atoms with Gasteiger partial charge in [-0.05, 0) is 16.7 Å². The molecule has 0 aliphatic rings. The summed E-state index contributed by atoms with van der Waals surface area (Å²) in [4.78, 5) is 13.6. The summed E-state index contributed by atoms with van der Waals surface area (Å²) in [5, 5.41) is 15.8. The second-order valence-electron chi connectivity index (χ2n) is 2.89. The number of tetrazole rings is 1. The fourth-order valence-corrected chi connectivity index (χ4v) is 1.68. The molecule has 1 N–H and O–H groups in total. The number of thiophene rings is 1.